The molecule has 5 heterocycles. The summed E-state index contributed by atoms with van der Waals surface area (Å²) in [6.07, 6.45) is 7.37. The number of nitrogens with one attached hydrogen (secondary N) is 1. The highest BCUT2D eigenvalue weighted by molar-refractivity contribution is 6.14. The summed E-state index contributed by atoms with van der Waals surface area (Å²) in [7, 11) is 3.64. The molecule has 4 aromatic heterocycles. The number of rotatable bonds is 5. The Morgan fingerprint density at radius 3 is 2.24 bits per heavy atom. The molecule has 12 heteroatoms. The van der Waals surface area contributed by atoms with Crippen molar-refractivity contribution >= 4 is 45.8 Å². The van der Waals surface area contributed by atoms with Crippen LogP contribution in [0.2, 0.25) is 0 Å². The van der Waals surface area contributed by atoms with Crippen molar-refractivity contribution in [1.29, 1.82) is 0 Å². The van der Waals surface area contributed by atoms with Gasteiger partial charge in [-0.05, 0) is 48.9 Å². The van der Waals surface area contributed by atoms with Crippen molar-refractivity contribution in [2.75, 3.05) is 11.9 Å². The molecule has 6 aromatic rings. The summed E-state index contributed by atoms with van der Waals surface area (Å²) >= 11 is 0. The van der Waals surface area contributed by atoms with Gasteiger partial charge in [0.2, 0.25) is 0 Å². The minimum Gasteiger partial charge on any atom is -0.462 e. The number of pyridine rings is 2. The number of nitrogens with zero attached hydrogens (tertiary/aromatic N) is 6. The smallest absolute Gasteiger partial charge is 0.338 e. The minimum atomic E-state index is -0.768. The van der Waals surface area contributed by atoms with Gasteiger partial charge in [0.1, 0.15) is 28.6 Å². The molecule has 0 bridgehead atoms. The van der Waals surface area contributed by atoms with E-state index in [0.29, 0.717) is 22.9 Å². The molecule has 0 saturated carbocycles. The summed E-state index contributed by atoms with van der Waals surface area (Å²) in [6, 6.07) is 14.2. The number of carbonyl (C=O) groups excluding carboxylic acids is 3. The first-order chi connectivity index (χ1) is 21.8. The molecule has 1 aliphatic rings. The number of benzene rings is 2. The topological polar surface area (TPSA) is 134 Å². The minimum absolute atomic E-state index is 0.198. The third-order valence-corrected chi connectivity index (χ3v) is 7.78. The molecular weight excluding hydrogens is 577 g/mol. The number of ether oxygens (including phenoxy) is 1. The van der Waals surface area contributed by atoms with Gasteiger partial charge in [-0.2, -0.15) is 0 Å². The maximum Gasteiger partial charge on any atom is 0.338 e. The van der Waals surface area contributed by atoms with Gasteiger partial charge >= 0.3 is 5.97 Å². The van der Waals surface area contributed by atoms with E-state index in [9.17, 15) is 18.8 Å². The predicted molar refractivity (Wildman–Crippen MR) is 165 cm³/mol. The third kappa shape index (κ3) is 5.30. The van der Waals surface area contributed by atoms with Crippen LogP contribution in [-0.4, -0.2) is 53.7 Å². The lowest BCUT2D eigenvalue weighted by Crippen LogP contribution is -2.34. The van der Waals surface area contributed by atoms with E-state index in [1.165, 1.54) is 12.1 Å². The summed E-state index contributed by atoms with van der Waals surface area (Å²) in [5.41, 5.74) is 4.89. The highest BCUT2D eigenvalue weighted by Crippen LogP contribution is 2.43. The summed E-state index contributed by atoms with van der Waals surface area (Å²) in [4.78, 5) is 54.0. The average Bonchev–Trinajstić information content (AvgIpc) is 3.57. The molecule has 0 spiro atoms. The van der Waals surface area contributed by atoms with Crippen LogP contribution in [0.4, 0.5) is 10.1 Å². The molecule has 0 radical (unpaired) electrons. The first kappa shape index (κ1) is 29.3. The number of hydrogen-bond acceptors (Lipinski definition) is 9. The quantitative estimate of drug-likeness (QED) is 0.208. The zero-order valence-electron chi connectivity index (χ0n) is 24.6. The molecule has 7 rings (SSSR count). The first-order valence-electron chi connectivity index (χ1n) is 14.2. The van der Waals surface area contributed by atoms with Crippen LogP contribution >= 0.6 is 0 Å². The van der Waals surface area contributed by atoms with Crippen LogP contribution in [-0.2, 0) is 18.8 Å². The van der Waals surface area contributed by atoms with E-state index in [4.69, 9.17) is 9.72 Å². The van der Waals surface area contributed by atoms with Gasteiger partial charge in [0.05, 0.1) is 47.2 Å². The molecule has 0 amide bonds. The van der Waals surface area contributed by atoms with Gasteiger partial charge in [0.25, 0.3) is 0 Å². The molecule has 226 valence electrons. The molecule has 0 saturated heterocycles. The van der Waals surface area contributed by atoms with Gasteiger partial charge in [-0.1, -0.05) is 18.2 Å². The van der Waals surface area contributed by atoms with E-state index in [1.54, 1.807) is 73.7 Å². The Morgan fingerprint density at radius 1 is 0.956 bits per heavy atom. The van der Waals surface area contributed by atoms with Gasteiger partial charge < -0.3 is 19.2 Å². The van der Waals surface area contributed by atoms with Crippen molar-refractivity contribution in [3.8, 4) is 0 Å². The lowest BCUT2D eigenvalue weighted by molar-refractivity contribution is 0.0522. The number of carbonyl (C=O) groups is 3. The zero-order valence-corrected chi connectivity index (χ0v) is 24.6. The van der Waals surface area contributed by atoms with Crippen LogP contribution in [0.1, 0.15) is 61.6 Å². The second kappa shape index (κ2) is 12.1. The highest BCUT2D eigenvalue weighted by atomic mass is 19.1. The summed E-state index contributed by atoms with van der Waals surface area (Å²) in [5, 5.41) is 3.40. The van der Waals surface area contributed by atoms with Crippen molar-refractivity contribution in [2.24, 2.45) is 14.1 Å². The van der Waals surface area contributed by atoms with Gasteiger partial charge in [-0.25, -0.2) is 19.2 Å². The van der Waals surface area contributed by atoms with Crippen molar-refractivity contribution in [1.82, 2.24) is 29.1 Å². The van der Waals surface area contributed by atoms with Crippen molar-refractivity contribution in [3.05, 3.63) is 114 Å². The third-order valence-electron chi connectivity index (χ3n) is 7.78. The second-order valence-electron chi connectivity index (χ2n) is 10.4. The number of imidazole rings is 2. The number of esters is 1. The van der Waals surface area contributed by atoms with E-state index in [2.05, 4.69) is 20.3 Å². The van der Waals surface area contributed by atoms with Crippen molar-refractivity contribution in [3.63, 3.8) is 0 Å². The number of fused-ring (bicyclic) bond motifs is 3. The Hall–Kier alpha value is -5.78. The number of anilines is 1. The van der Waals surface area contributed by atoms with Gasteiger partial charge in [-0.3, -0.25) is 19.6 Å². The second-order valence-corrected chi connectivity index (χ2v) is 10.4. The fourth-order valence-electron chi connectivity index (χ4n) is 5.61. The van der Waals surface area contributed by atoms with Crippen molar-refractivity contribution < 1.29 is 23.5 Å². The number of Topliss-reactive ketones (excluding diaryl/α,β-unsaturated/α-hetero) is 1. The predicted octanol–water partition coefficient (Wildman–Crippen LogP) is 5.20. The van der Waals surface area contributed by atoms with E-state index < -0.39 is 17.9 Å². The number of hydrogen-bond donors (Lipinski definition) is 1. The highest BCUT2D eigenvalue weighted by Gasteiger charge is 2.42. The Bertz CT molecular complexity index is 2070. The molecule has 11 nitrogen and oxygen atoms in total. The Balaban J connectivity index is 0.000000248. The zero-order chi connectivity index (χ0) is 31.7. The van der Waals surface area contributed by atoms with Gasteiger partial charge in [0.15, 0.2) is 17.9 Å². The van der Waals surface area contributed by atoms with Crippen molar-refractivity contribution in [2.45, 2.75) is 18.9 Å². The van der Waals surface area contributed by atoms with E-state index in [0.717, 1.165) is 28.4 Å². The Labute approximate surface area is 256 Å². The Morgan fingerprint density at radius 2 is 1.62 bits per heavy atom. The van der Waals surface area contributed by atoms with E-state index >= 15 is 0 Å². The number of halogens is 1. The Kier molecular flexibility index (Phi) is 7.86. The first-order valence-corrected chi connectivity index (χ1v) is 14.2. The molecular formula is C33H28FN7O4. The van der Waals surface area contributed by atoms with Crippen LogP contribution in [0.5, 0.6) is 0 Å². The van der Waals surface area contributed by atoms with Crippen LogP contribution in [0, 0.1) is 5.82 Å². The maximum absolute atomic E-state index is 14.0. The molecule has 1 aliphatic heterocycles. The molecule has 2 unspecified atom stereocenters. The molecule has 45 heavy (non-hydrogen) atoms. The van der Waals surface area contributed by atoms with E-state index in [-0.39, 0.29) is 29.3 Å². The lowest BCUT2D eigenvalue weighted by atomic mass is 9.80. The monoisotopic (exact) mass is 605 g/mol. The summed E-state index contributed by atoms with van der Waals surface area (Å²) < 4.78 is 22.4. The largest absolute Gasteiger partial charge is 0.462 e. The van der Waals surface area contributed by atoms with E-state index in [1.807, 2.05) is 23.7 Å². The van der Waals surface area contributed by atoms with Gasteiger partial charge in [0, 0.05) is 32.2 Å². The van der Waals surface area contributed by atoms with Crippen LogP contribution in [0.3, 0.4) is 0 Å². The maximum atomic E-state index is 14.0. The molecule has 2 atom stereocenters. The summed E-state index contributed by atoms with van der Waals surface area (Å²) in [6.45, 7) is 1.91. The molecule has 0 fully saturated rings. The number of aldehydes is 1. The molecule has 0 aliphatic carbocycles. The number of aryl methyl sites for hydroxylation is 2. The number of ketones is 1. The summed E-state index contributed by atoms with van der Waals surface area (Å²) in [5.74, 6) is -0.995. The fourth-order valence-corrected chi connectivity index (χ4v) is 5.61. The SMILES string of the molecule is CCOC(=O)c1cccc2c1C(=O)C(c1nc3cnccc3n1C)C(c1ccc(F)cc1)N2.Cn1c(C=O)nc2cnccc21. The molecule has 2 aromatic carbocycles. The lowest BCUT2D eigenvalue weighted by Gasteiger charge is -2.34. The molecule has 1 N–H and O–H groups in total. The normalized spacial score (nSPS) is 15.6. The fraction of sp³-hybridized carbons (Fsp3) is 0.182. The standard InChI is InChI=1S/C25H21FN4O3.C8H7N3O/c1-3-33-25(32)16-5-4-6-17-20(16)23(31)21(22(28-17)14-7-9-15(26)10-8-14)24-29-18-13-27-12-11-19(18)30(24)2;1-11-7-2-3-9-4-6(7)10-8(11)5-12/h4-13,21-22,28H,3H2,1-2H3;2-5H,1H3. The van der Waals surface area contributed by atoms with Crippen LogP contribution in [0.25, 0.3) is 22.1 Å². The van der Waals surface area contributed by atoms with Gasteiger partial charge in [-0.15, -0.1) is 0 Å². The number of aromatic nitrogens is 6. The average molecular weight is 606 g/mol. The van der Waals surface area contributed by atoms with Crippen LogP contribution in [0.15, 0.2) is 79.4 Å². The van der Waals surface area contributed by atoms with Crippen LogP contribution < -0.4 is 5.32 Å².